The molecule has 7 nitrogen and oxygen atoms in total. The molecule has 2 aromatic carbocycles. The van der Waals surface area contributed by atoms with E-state index in [1.54, 1.807) is 45.0 Å². The van der Waals surface area contributed by atoms with E-state index in [0.29, 0.717) is 0 Å². The van der Waals surface area contributed by atoms with E-state index in [2.05, 4.69) is 10.0 Å². The summed E-state index contributed by atoms with van der Waals surface area (Å²) in [6, 6.07) is 12.4. The average molecular weight is 439 g/mol. The molecule has 0 fully saturated rings. The number of hydrogen-bond acceptors (Lipinski definition) is 5. The second-order valence-electron chi connectivity index (χ2n) is 7.78. The fraction of sp³-hybridized carbons (Fsp3) is 0.350. The van der Waals surface area contributed by atoms with Gasteiger partial charge in [0.2, 0.25) is 15.9 Å². The van der Waals surface area contributed by atoms with Gasteiger partial charge in [-0.15, -0.1) is 0 Å². The lowest BCUT2D eigenvalue weighted by Gasteiger charge is -2.21. The molecule has 9 heteroatoms. The van der Waals surface area contributed by atoms with Crippen LogP contribution in [0.3, 0.4) is 0 Å². The fourth-order valence-electron chi connectivity index (χ4n) is 2.57. The molecular formula is C20H26N2O5S2. The molecule has 0 saturated carbocycles. The molecule has 1 amide bonds. The zero-order valence-corrected chi connectivity index (χ0v) is 18.5. The van der Waals surface area contributed by atoms with E-state index in [1.165, 1.54) is 24.3 Å². The Morgan fingerprint density at radius 3 is 2.10 bits per heavy atom. The fourth-order valence-corrected chi connectivity index (χ4v) is 5.39. The van der Waals surface area contributed by atoms with Gasteiger partial charge in [0.15, 0.2) is 9.84 Å². The van der Waals surface area contributed by atoms with Gasteiger partial charge in [-0.25, -0.2) is 21.6 Å². The van der Waals surface area contributed by atoms with Crippen molar-refractivity contribution in [1.82, 2.24) is 4.72 Å². The Labute approximate surface area is 172 Å². The number of amides is 1. The average Bonchev–Trinajstić information content (AvgIpc) is 2.59. The summed E-state index contributed by atoms with van der Waals surface area (Å²) in [7, 11) is -7.49. The van der Waals surface area contributed by atoms with Gasteiger partial charge in [0, 0.05) is 12.0 Å². The molecule has 0 spiro atoms. The number of aryl methyl sites for hydroxylation is 1. The van der Waals surface area contributed by atoms with Crippen LogP contribution in [0.1, 0.15) is 32.8 Å². The lowest BCUT2D eigenvalue weighted by atomic mass is 10.1. The van der Waals surface area contributed by atoms with E-state index in [0.717, 1.165) is 5.56 Å². The first-order valence-corrected chi connectivity index (χ1v) is 12.2. The zero-order chi connectivity index (χ0) is 21.9. The molecule has 0 atom stereocenters. The number of sulfonamides is 1. The summed E-state index contributed by atoms with van der Waals surface area (Å²) in [4.78, 5) is 12.4. The molecule has 0 bridgehead atoms. The molecule has 0 aliphatic rings. The van der Waals surface area contributed by atoms with Gasteiger partial charge in [-0.2, -0.15) is 0 Å². The molecular weight excluding hydrogens is 412 g/mol. The Bertz CT molecular complexity index is 1080. The van der Waals surface area contributed by atoms with Crippen molar-refractivity contribution in [1.29, 1.82) is 0 Å². The Morgan fingerprint density at radius 1 is 0.931 bits per heavy atom. The maximum atomic E-state index is 12.6. The van der Waals surface area contributed by atoms with E-state index in [1.807, 2.05) is 6.92 Å². The van der Waals surface area contributed by atoms with Gasteiger partial charge in [-0.05, 0) is 52.0 Å². The highest BCUT2D eigenvalue weighted by Gasteiger charge is 2.25. The Kier molecular flexibility index (Phi) is 6.87. The summed E-state index contributed by atoms with van der Waals surface area (Å²) >= 11 is 0. The maximum Gasteiger partial charge on any atom is 0.243 e. The number of benzene rings is 2. The molecule has 29 heavy (non-hydrogen) atoms. The van der Waals surface area contributed by atoms with Gasteiger partial charge < -0.3 is 5.32 Å². The Balaban J connectivity index is 2.13. The van der Waals surface area contributed by atoms with Crippen LogP contribution in [-0.4, -0.2) is 34.0 Å². The number of sulfone groups is 1. The first-order chi connectivity index (χ1) is 13.3. The summed E-state index contributed by atoms with van der Waals surface area (Å²) < 4.78 is 52.6. The van der Waals surface area contributed by atoms with Gasteiger partial charge in [0.1, 0.15) is 4.90 Å². The van der Waals surface area contributed by atoms with Crippen molar-refractivity contribution in [2.75, 3.05) is 11.1 Å². The number of carbonyl (C=O) groups is 1. The first kappa shape index (κ1) is 23.1. The van der Waals surface area contributed by atoms with Gasteiger partial charge in [0.05, 0.1) is 16.3 Å². The first-order valence-electron chi connectivity index (χ1n) is 9.02. The summed E-state index contributed by atoms with van der Waals surface area (Å²) in [6.45, 7) is 6.98. The standard InChI is InChI=1S/C20H26N2O5S2/c1-15-9-11-16(12-10-15)28(24,25)14-13-19(23)21-17-7-5-6-8-18(17)29(26,27)22-20(2,3)4/h5-12,22H,13-14H2,1-4H3,(H,21,23). The van der Waals surface area contributed by atoms with Crippen LogP contribution in [0.25, 0.3) is 0 Å². The van der Waals surface area contributed by atoms with Crippen molar-refractivity contribution >= 4 is 31.5 Å². The van der Waals surface area contributed by atoms with E-state index in [9.17, 15) is 21.6 Å². The van der Waals surface area contributed by atoms with Gasteiger partial charge in [-0.3, -0.25) is 4.79 Å². The van der Waals surface area contributed by atoms with Crippen molar-refractivity contribution in [3.05, 3.63) is 54.1 Å². The van der Waals surface area contributed by atoms with Gasteiger partial charge >= 0.3 is 0 Å². The number of hydrogen-bond donors (Lipinski definition) is 2. The summed E-state index contributed by atoms with van der Waals surface area (Å²) in [5.74, 6) is -0.962. The highest BCUT2D eigenvalue weighted by molar-refractivity contribution is 7.91. The molecule has 0 heterocycles. The van der Waals surface area contributed by atoms with Crippen molar-refractivity contribution in [3.8, 4) is 0 Å². The topological polar surface area (TPSA) is 109 Å². The second-order valence-corrected chi connectivity index (χ2v) is 11.5. The summed E-state index contributed by atoms with van der Waals surface area (Å²) in [5.41, 5.74) is 0.336. The molecule has 0 aliphatic carbocycles. The van der Waals surface area contributed by atoms with Crippen LogP contribution in [0.15, 0.2) is 58.3 Å². The maximum absolute atomic E-state index is 12.6. The quantitative estimate of drug-likeness (QED) is 0.691. The van der Waals surface area contributed by atoms with Gasteiger partial charge in [-0.1, -0.05) is 29.8 Å². The molecule has 0 aliphatic heterocycles. The third-order valence-corrected chi connectivity index (χ3v) is 7.42. The molecule has 158 valence electrons. The normalized spacial score (nSPS) is 12.6. The Hall–Kier alpha value is -2.23. The second kappa shape index (κ2) is 8.64. The van der Waals surface area contributed by atoms with Crippen LogP contribution in [-0.2, 0) is 24.7 Å². The molecule has 0 radical (unpaired) electrons. The SMILES string of the molecule is Cc1ccc(S(=O)(=O)CCC(=O)Nc2ccccc2S(=O)(=O)NC(C)(C)C)cc1. The zero-order valence-electron chi connectivity index (χ0n) is 16.9. The predicted molar refractivity (Wildman–Crippen MR) is 113 cm³/mol. The number of anilines is 1. The monoisotopic (exact) mass is 438 g/mol. The largest absolute Gasteiger partial charge is 0.325 e. The highest BCUT2D eigenvalue weighted by atomic mass is 32.2. The number of rotatable bonds is 7. The molecule has 2 aromatic rings. The van der Waals surface area contributed by atoms with Gasteiger partial charge in [0.25, 0.3) is 0 Å². The van der Waals surface area contributed by atoms with Crippen molar-refractivity contribution < 1.29 is 21.6 Å². The number of para-hydroxylation sites is 1. The third-order valence-electron chi connectivity index (χ3n) is 3.87. The molecule has 2 N–H and O–H groups in total. The van der Waals surface area contributed by atoms with Crippen molar-refractivity contribution in [3.63, 3.8) is 0 Å². The summed E-state index contributed by atoms with van der Waals surface area (Å²) in [6.07, 6.45) is -0.294. The molecule has 2 rings (SSSR count). The smallest absolute Gasteiger partial charge is 0.243 e. The predicted octanol–water partition coefficient (Wildman–Crippen LogP) is 2.87. The van der Waals surface area contributed by atoms with E-state index in [4.69, 9.17) is 0 Å². The number of carbonyl (C=O) groups excluding carboxylic acids is 1. The van der Waals surface area contributed by atoms with E-state index < -0.39 is 31.3 Å². The lowest BCUT2D eigenvalue weighted by Crippen LogP contribution is -2.40. The molecule has 0 aromatic heterocycles. The van der Waals surface area contributed by atoms with E-state index in [-0.39, 0.29) is 27.7 Å². The van der Waals surface area contributed by atoms with Crippen LogP contribution in [0.4, 0.5) is 5.69 Å². The lowest BCUT2D eigenvalue weighted by molar-refractivity contribution is -0.115. The molecule has 0 saturated heterocycles. The Morgan fingerprint density at radius 2 is 1.52 bits per heavy atom. The van der Waals surface area contributed by atoms with Crippen molar-refractivity contribution in [2.24, 2.45) is 0 Å². The minimum atomic E-state index is -3.87. The van der Waals surface area contributed by atoms with Crippen molar-refractivity contribution in [2.45, 2.75) is 49.4 Å². The van der Waals surface area contributed by atoms with Crippen LogP contribution in [0, 0.1) is 6.92 Å². The van der Waals surface area contributed by atoms with E-state index >= 15 is 0 Å². The van der Waals surface area contributed by atoms with Crippen LogP contribution >= 0.6 is 0 Å². The van der Waals surface area contributed by atoms with Crippen LogP contribution in [0.5, 0.6) is 0 Å². The minimum Gasteiger partial charge on any atom is -0.325 e. The summed E-state index contributed by atoms with van der Waals surface area (Å²) in [5, 5.41) is 2.51. The molecule has 0 unspecified atom stereocenters. The highest BCUT2D eigenvalue weighted by Crippen LogP contribution is 2.23. The third kappa shape index (κ3) is 6.66. The number of nitrogens with one attached hydrogen (secondary N) is 2. The van der Waals surface area contributed by atoms with Crippen LogP contribution < -0.4 is 10.0 Å². The van der Waals surface area contributed by atoms with Crippen LogP contribution in [0.2, 0.25) is 0 Å². The minimum absolute atomic E-state index is 0.0790.